The zero-order chi connectivity index (χ0) is 19.2. The molecule has 1 N–H and O–H groups in total. The van der Waals surface area contributed by atoms with Crippen LogP contribution in [0, 0.1) is 0 Å². The molecule has 1 aliphatic heterocycles. The Hall–Kier alpha value is -2.74. The van der Waals surface area contributed by atoms with E-state index in [4.69, 9.17) is 0 Å². The second-order valence-electron chi connectivity index (χ2n) is 7.73. The van der Waals surface area contributed by atoms with Gasteiger partial charge in [0.2, 0.25) is 0 Å². The molecule has 1 fully saturated rings. The van der Waals surface area contributed by atoms with Gasteiger partial charge in [-0.25, -0.2) is 4.52 Å². The second-order valence-corrected chi connectivity index (χ2v) is 7.73. The highest BCUT2D eigenvalue weighted by Crippen LogP contribution is 2.27. The normalized spacial score (nSPS) is 21.0. The lowest BCUT2D eigenvalue weighted by Crippen LogP contribution is -2.47. The van der Waals surface area contributed by atoms with Crippen LogP contribution < -0.4 is 0 Å². The lowest BCUT2D eigenvalue weighted by atomic mass is 9.99. The van der Waals surface area contributed by atoms with Crippen LogP contribution in [0.3, 0.4) is 0 Å². The summed E-state index contributed by atoms with van der Waals surface area (Å²) in [5.74, 6) is -0.0450. The number of nitrogens with zero attached hydrogens (tertiary/aromatic N) is 6. The molecule has 1 amide bonds. The third-order valence-electron chi connectivity index (χ3n) is 5.22. The summed E-state index contributed by atoms with van der Waals surface area (Å²) in [5.41, 5.74) is 0.937. The first kappa shape index (κ1) is 17.7. The number of amides is 1. The van der Waals surface area contributed by atoms with Crippen LogP contribution in [0.4, 0.5) is 0 Å². The van der Waals surface area contributed by atoms with E-state index in [0.717, 1.165) is 18.4 Å². The minimum absolute atomic E-state index is 0.0157. The van der Waals surface area contributed by atoms with Crippen LogP contribution in [0.2, 0.25) is 0 Å². The smallest absolute Gasteiger partial charge is 0.272 e. The van der Waals surface area contributed by atoms with Gasteiger partial charge in [-0.1, -0.05) is 6.07 Å². The SMILES string of the molecule is C[C@@H]1CC[C@@H](n2ncc(C(C)(C)O)n2)CN1C(=O)c1cccc2ccnn12. The summed E-state index contributed by atoms with van der Waals surface area (Å²) in [4.78, 5) is 16.7. The van der Waals surface area contributed by atoms with E-state index in [-0.39, 0.29) is 18.0 Å². The molecule has 3 aromatic rings. The Labute approximate surface area is 157 Å². The maximum absolute atomic E-state index is 13.2. The fraction of sp³-hybridized carbons (Fsp3) is 0.474. The molecule has 8 nitrogen and oxygen atoms in total. The Balaban J connectivity index is 1.60. The van der Waals surface area contributed by atoms with Crippen LogP contribution in [-0.2, 0) is 5.60 Å². The Bertz CT molecular complexity index is 970. The molecule has 0 bridgehead atoms. The molecular formula is C19H24N6O2. The van der Waals surface area contributed by atoms with Crippen molar-refractivity contribution in [1.82, 2.24) is 29.5 Å². The quantitative estimate of drug-likeness (QED) is 0.764. The molecular weight excluding hydrogens is 344 g/mol. The van der Waals surface area contributed by atoms with Gasteiger partial charge in [-0.2, -0.15) is 20.1 Å². The minimum Gasteiger partial charge on any atom is -0.384 e. The fourth-order valence-electron chi connectivity index (χ4n) is 3.55. The Morgan fingerprint density at radius 1 is 1.22 bits per heavy atom. The van der Waals surface area contributed by atoms with Gasteiger partial charge in [0, 0.05) is 12.6 Å². The topological polar surface area (TPSA) is 88.5 Å². The first-order valence-corrected chi connectivity index (χ1v) is 9.23. The predicted molar refractivity (Wildman–Crippen MR) is 99.2 cm³/mol. The largest absolute Gasteiger partial charge is 0.384 e. The molecule has 27 heavy (non-hydrogen) atoms. The predicted octanol–water partition coefficient (Wildman–Crippen LogP) is 2.02. The van der Waals surface area contributed by atoms with Crippen molar-refractivity contribution in [2.75, 3.05) is 6.54 Å². The van der Waals surface area contributed by atoms with Crippen LogP contribution in [0.15, 0.2) is 36.7 Å². The van der Waals surface area contributed by atoms with Crippen molar-refractivity contribution in [3.05, 3.63) is 48.0 Å². The summed E-state index contributed by atoms with van der Waals surface area (Å²) in [6.45, 7) is 5.96. The summed E-state index contributed by atoms with van der Waals surface area (Å²) >= 11 is 0. The van der Waals surface area contributed by atoms with Crippen LogP contribution in [-0.4, -0.2) is 53.1 Å². The number of hydrogen-bond acceptors (Lipinski definition) is 5. The average molecular weight is 368 g/mol. The van der Waals surface area contributed by atoms with Crippen molar-refractivity contribution in [2.45, 2.75) is 51.3 Å². The van der Waals surface area contributed by atoms with E-state index in [2.05, 4.69) is 22.2 Å². The maximum Gasteiger partial charge on any atom is 0.272 e. The number of aliphatic hydroxyl groups is 1. The Morgan fingerprint density at radius 3 is 2.78 bits per heavy atom. The highest BCUT2D eigenvalue weighted by atomic mass is 16.3. The molecule has 142 valence electrons. The molecule has 4 heterocycles. The van der Waals surface area contributed by atoms with Gasteiger partial charge >= 0.3 is 0 Å². The number of pyridine rings is 1. The van der Waals surface area contributed by atoms with E-state index in [1.165, 1.54) is 0 Å². The van der Waals surface area contributed by atoms with Gasteiger partial charge in [0.1, 0.15) is 17.0 Å². The van der Waals surface area contributed by atoms with E-state index in [1.807, 2.05) is 23.1 Å². The fourth-order valence-corrected chi connectivity index (χ4v) is 3.55. The molecule has 3 aromatic heterocycles. The minimum atomic E-state index is -1.04. The number of carbonyl (C=O) groups excluding carboxylic acids is 1. The molecule has 0 unspecified atom stereocenters. The maximum atomic E-state index is 13.2. The van der Waals surface area contributed by atoms with E-state index >= 15 is 0 Å². The van der Waals surface area contributed by atoms with Gasteiger partial charge in [-0.3, -0.25) is 4.79 Å². The summed E-state index contributed by atoms with van der Waals surface area (Å²) in [6.07, 6.45) is 5.04. The molecule has 0 aliphatic carbocycles. The summed E-state index contributed by atoms with van der Waals surface area (Å²) < 4.78 is 1.68. The zero-order valence-corrected chi connectivity index (χ0v) is 15.8. The number of hydrogen-bond donors (Lipinski definition) is 1. The van der Waals surface area contributed by atoms with Crippen LogP contribution in [0.25, 0.3) is 5.52 Å². The molecule has 0 radical (unpaired) electrons. The van der Waals surface area contributed by atoms with Gasteiger partial charge in [0.25, 0.3) is 5.91 Å². The van der Waals surface area contributed by atoms with Crippen molar-refractivity contribution in [1.29, 1.82) is 0 Å². The Kier molecular flexibility index (Phi) is 4.22. The monoisotopic (exact) mass is 368 g/mol. The third kappa shape index (κ3) is 3.21. The van der Waals surface area contributed by atoms with Crippen molar-refractivity contribution >= 4 is 11.4 Å². The number of aromatic nitrogens is 5. The van der Waals surface area contributed by atoms with Crippen molar-refractivity contribution in [3.63, 3.8) is 0 Å². The van der Waals surface area contributed by atoms with E-state index in [1.54, 1.807) is 41.6 Å². The highest BCUT2D eigenvalue weighted by molar-refractivity contribution is 5.93. The molecule has 0 aromatic carbocycles. The lowest BCUT2D eigenvalue weighted by Gasteiger charge is -2.37. The number of piperidine rings is 1. The zero-order valence-electron chi connectivity index (χ0n) is 15.8. The molecule has 0 spiro atoms. The standard InChI is InChI=1S/C19H24N6O2/c1-13-7-8-15(25-21-11-17(22-25)19(2,3)27)12-23(13)18(26)16-6-4-5-14-9-10-20-24(14)16/h4-6,9-11,13,15,27H,7-8,12H2,1-3H3/t13-,15-/m1/s1. The van der Waals surface area contributed by atoms with Gasteiger partial charge < -0.3 is 10.0 Å². The highest BCUT2D eigenvalue weighted by Gasteiger charge is 2.33. The average Bonchev–Trinajstić information content (AvgIpc) is 3.30. The van der Waals surface area contributed by atoms with Gasteiger partial charge in [-0.05, 0) is 51.8 Å². The van der Waals surface area contributed by atoms with Crippen molar-refractivity contribution in [2.24, 2.45) is 0 Å². The molecule has 1 saturated heterocycles. The number of rotatable bonds is 3. The van der Waals surface area contributed by atoms with Crippen LogP contribution >= 0.6 is 0 Å². The van der Waals surface area contributed by atoms with Gasteiger partial charge in [0.05, 0.1) is 24.0 Å². The number of likely N-dealkylation sites (tertiary alicyclic amines) is 1. The molecule has 0 saturated carbocycles. The van der Waals surface area contributed by atoms with Crippen molar-refractivity contribution in [3.8, 4) is 0 Å². The first-order valence-electron chi connectivity index (χ1n) is 9.23. The van der Waals surface area contributed by atoms with Crippen molar-refractivity contribution < 1.29 is 9.90 Å². The molecule has 4 rings (SSSR count). The van der Waals surface area contributed by atoms with Crippen LogP contribution in [0.5, 0.6) is 0 Å². The molecule has 2 atom stereocenters. The summed E-state index contributed by atoms with van der Waals surface area (Å²) in [6, 6.07) is 7.60. The third-order valence-corrected chi connectivity index (χ3v) is 5.22. The molecule has 8 heteroatoms. The summed E-state index contributed by atoms with van der Waals surface area (Å²) in [7, 11) is 0. The first-order chi connectivity index (χ1) is 12.8. The Morgan fingerprint density at radius 2 is 2.04 bits per heavy atom. The van der Waals surface area contributed by atoms with Gasteiger partial charge in [0.15, 0.2) is 0 Å². The van der Waals surface area contributed by atoms with Gasteiger partial charge in [-0.15, -0.1) is 0 Å². The van der Waals surface area contributed by atoms with Crippen LogP contribution in [0.1, 0.15) is 55.8 Å². The van der Waals surface area contributed by atoms with E-state index in [9.17, 15) is 9.90 Å². The molecule has 1 aliphatic rings. The van der Waals surface area contributed by atoms with E-state index < -0.39 is 5.60 Å². The summed E-state index contributed by atoms with van der Waals surface area (Å²) in [5, 5.41) is 23.2. The number of carbonyl (C=O) groups is 1. The van der Waals surface area contributed by atoms with E-state index in [0.29, 0.717) is 17.9 Å². The number of fused-ring (bicyclic) bond motifs is 1. The lowest BCUT2D eigenvalue weighted by molar-refractivity contribution is 0.0525. The second kappa shape index (κ2) is 6.45.